The Hall–Kier alpha value is -4.11. The number of thioether (sulfide) groups is 1. The van der Waals surface area contributed by atoms with Crippen molar-refractivity contribution in [3.63, 3.8) is 0 Å². The number of para-hydroxylation sites is 2. The van der Waals surface area contributed by atoms with E-state index >= 15 is 0 Å². The first-order chi connectivity index (χ1) is 17.4. The van der Waals surface area contributed by atoms with Crippen LogP contribution in [0.4, 0.5) is 0 Å². The van der Waals surface area contributed by atoms with Gasteiger partial charge in [0.25, 0.3) is 5.56 Å². The van der Waals surface area contributed by atoms with Gasteiger partial charge in [0.15, 0.2) is 10.9 Å². The predicted molar refractivity (Wildman–Crippen MR) is 141 cm³/mol. The molecule has 0 N–H and O–H groups in total. The number of hydrogen-bond acceptors (Lipinski definition) is 5. The molecule has 182 valence electrons. The van der Waals surface area contributed by atoms with Crippen molar-refractivity contribution in [3.8, 4) is 17.1 Å². The van der Waals surface area contributed by atoms with Crippen LogP contribution in [0.3, 0.4) is 0 Å². The van der Waals surface area contributed by atoms with E-state index in [1.807, 2.05) is 108 Å². The summed E-state index contributed by atoms with van der Waals surface area (Å²) in [4.78, 5) is 26.9. The third-order valence-electron chi connectivity index (χ3n) is 6.36. The van der Waals surface area contributed by atoms with E-state index < -0.39 is 0 Å². The molecule has 0 saturated heterocycles. The molecule has 0 saturated carbocycles. The first kappa shape index (κ1) is 23.6. The Morgan fingerprint density at radius 3 is 2.22 bits per heavy atom. The average molecular weight is 499 g/mol. The Morgan fingerprint density at radius 2 is 1.56 bits per heavy atom. The monoisotopic (exact) mass is 498 g/mol. The second-order valence-electron chi connectivity index (χ2n) is 8.56. The lowest BCUT2D eigenvalue weighted by atomic mass is 10.2. The van der Waals surface area contributed by atoms with Gasteiger partial charge < -0.3 is 4.57 Å². The van der Waals surface area contributed by atoms with E-state index in [0.717, 1.165) is 28.5 Å². The van der Waals surface area contributed by atoms with E-state index in [-0.39, 0.29) is 17.1 Å². The molecule has 3 aromatic heterocycles. The number of rotatable bonds is 7. The van der Waals surface area contributed by atoms with Crippen LogP contribution in [0.5, 0.6) is 0 Å². The Balaban J connectivity index is 1.46. The Morgan fingerprint density at radius 1 is 0.917 bits per heavy atom. The summed E-state index contributed by atoms with van der Waals surface area (Å²) in [6, 6.07) is 21.2. The van der Waals surface area contributed by atoms with E-state index in [9.17, 15) is 9.59 Å². The van der Waals surface area contributed by atoms with Gasteiger partial charge in [-0.15, -0.1) is 10.2 Å². The zero-order chi connectivity index (χ0) is 25.4. The van der Waals surface area contributed by atoms with Crippen molar-refractivity contribution in [2.24, 2.45) is 7.05 Å². The Kier molecular flexibility index (Phi) is 6.24. The molecule has 0 fully saturated rings. The number of carbonyl (C=O) groups is 1. The second kappa shape index (κ2) is 9.50. The molecule has 0 atom stereocenters. The maximum Gasteiger partial charge on any atom is 0.295 e. The zero-order valence-electron chi connectivity index (χ0n) is 20.5. The highest BCUT2D eigenvalue weighted by atomic mass is 32.2. The van der Waals surface area contributed by atoms with Crippen molar-refractivity contribution in [1.29, 1.82) is 0 Å². The average Bonchev–Trinajstić information content (AvgIpc) is 3.54. The third-order valence-corrected chi connectivity index (χ3v) is 7.31. The van der Waals surface area contributed by atoms with Gasteiger partial charge in [0.05, 0.1) is 17.1 Å². The van der Waals surface area contributed by atoms with Crippen LogP contribution in [-0.2, 0) is 7.05 Å². The molecule has 0 amide bonds. The number of hydrogen-bond donors (Lipinski definition) is 0. The highest BCUT2D eigenvalue weighted by molar-refractivity contribution is 7.99. The van der Waals surface area contributed by atoms with Gasteiger partial charge in [-0.3, -0.25) is 18.8 Å². The summed E-state index contributed by atoms with van der Waals surface area (Å²) in [5, 5.41) is 8.85. The molecule has 2 aromatic carbocycles. The van der Waals surface area contributed by atoms with Gasteiger partial charge in [-0.1, -0.05) is 48.2 Å². The van der Waals surface area contributed by atoms with Crippen molar-refractivity contribution in [2.75, 3.05) is 5.75 Å². The summed E-state index contributed by atoms with van der Waals surface area (Å²) in [5.41, 5.74) is 5.13. The van der Waals surface area contributed by atoms with Crippen LogP contribution in [0.25, 0.3) is 17.1 Å². The summed E-state index contributed by atoms with van der Waals surface area (Å²) >= 11 is 1.34. The number of carbonyl (C=O) groups excluding carboxylic acids is 1. The molecule has 0 radical (unpaired) electrons. The quantitative estimate of drug-likeness (QED) is 0.245. The molecule has 3 heterocycles. The number of Topliss-reactive ketones (excluding diaryl/α,β-unsaturated/α-hetero) is 1. The summed E-state index contributed by atoms with van der Waals surface area (Å²) in [6.07, 6.45) is 1.64. The van der Waals surface area contributed by atoms with Gasteiger partial charge in [-0.25, -0.2) is 4.68 Å². The van der Waals surface area contributed by atoms with Crippen molar-refractivity contribution < 1.29 is 4.79 Å². The van der Waals surface area contributed by atoms with Crippen molar-refractivity contribution in [1.82, 2.24) is 28.7 Å². The SMILES string of the molecule is Cc1cc(C(=O)CSc2nncn2-c2ccccc2)c(C)n1-c1c(C)n(C)n(-c2ccccc2)c1=O. The zero-order valence-corrected chi connectivity index (χ0v) is 21.4. The lowest BCUT2D eigenvalue weighted by Gasteiger charge is -2.09. The molecule has 0 spiro atoms. The van der Waals surface area contributed by atoms with Gasteiger partial charge in [0, 0.05) is 29.7 Å². The highest BCUT2D eigenvalue weighted by Gasteiger charge is 2.24. The predicted octanol–water partition coefficient (Wildman–Crippen LogP) is 4.45. The first-order valence-electron chi connectivity index (χ1n) is 11.5. The number of nitrogens with zero attached hydrogens (tertiary/aromatic N) is 6. The fourth-order valence-electron chi connectivity index (χ4n) is 4.50. The highest BCUT2D eigenvalue weighted by Crippen LogP contribution is 2.25. The maximum absolute atomic E-state index is 13.6. The van der Waals surface area contributed by atoms with Crippen LogP contribution >= 0.6 is 11.8 Å². The fourth-order valence-corrected chi connectivity index (χ4v) is 5.31. The van der Waals surface area contributed by atoms with Crippen molar-refractivity contribution in [3.05, 3.63) is 106 Å². The first-order valence-corrected chi connectivity index (χ1v) is 12.5. The van der Waals surface area contributed by atoms with Crippen LogP contribution in [0.15, 0.2) is 83.0 Å². The van der Waals surface area contributed by atoms with Crippen LogP contribution < -0.4 is 5.56 Å². The fraction of sp³-hybridized carbons (Fsp3) is 0.185. The van der Waals surface area contributed by atoms with E-state index in [0.29, 0.717) is 16.4 Å². The molecular formula is C27H26N6O2S. The molecule has 9 heteroatoms. The number of aromatic nitrogens is 6. The van der Waals surface area contributed by atoms with E-state index in [1.54, 1.807) is 11.0 Å². The molecule has 0 aliphatic heterocycles. The van der Waals surface area contributed by atoms with E-state index in [2.05, 4.69) is 10.2 Å². The summed E-state index contributed by atoms with van der Waals surface area (Å²) in [5.74, 6) is 0.177. The lowest BCUT2D eigenvalue weighted by Crippen LogP contribution is -2.22. The standard InChI is InChI=1S/C27H26N6O2S/c1-18-15-23(24(34)16-36-27-29-28-17-31(27)21-11-7-5-8-12-21)19(2)32(18)25-20(3)30(4)33(26(25)35)22-13-9-6-10-14-22/h5-15,17H,16H2,1-4H3. The Bertz CT molecular complexity index is 1610. The van der Waals surface area contributed by atoms with Crippen LogP contribution in [0.2, 0.25) is 0 Å². The minimum Gasteiger partial charge on any atom is -0.311 e. The molecule has 0 bridgehead atoms. The molecule has 5 rings (SSSR count). The largest absolute Gasteiger partial charge is 0.311 e. The summed E-state index contributed by atoms with van der Waals surface area (Å²) in [6.45, 7) is 5.72. The van der Waals surface area contributed by atoms with Crippen LogP contribution in [0.1, 0.15) is 27.4 Å². The van der Waals surface area contributed by atoms with Gasteiger partial charge in [0.1, 0.15) is 12.0 Å². The van der Waals surface area contributed by atoms with Crippen molar-refractivity contribution >= 4 is 17.5 Å². The maximum atomic E-state index is 13.6. The topological polar surface area (TPSA) is 79.6 Å². The Labute approximate surface area is 212 Å². The van der Waals surface area contributed by atoms with Crippen LogP contribution in [-0.4, -0.2) is 40.2 Å². The number of benzene rings is 2. The molecule has 0 aliphatic carbocycles. The molecular weight excluding hydrogens is 472 g/mol. The van der Waals surface area contributed by atoms with Gasteiger partial charge in [-0.05, 0) is 51.1 Å². The summed E-state index contributed by atoms with van der Waals surface area (Å²) < 4.78 is 7.25. The van der Waals surface area contributed by atoms with Gasteiger partial charge in [0.2, 0.25) is 0 Å². The molecule has 36 heavy (non-hydrogen) atoms. The van der Waals surface area contributed by atoms with Crippen molar-refractivity contribution in [2.45, 2.75) is 25.9 Å². The van der Waals surface area contributed by atoms with E-state index in [1.165, 1.54) is 11.8 Å². The van der Waals surface area contributed by atoms with Crippen LogP contribution in [0, 0.1) is 20.8 Å². The third kappa shape index (κ3) is 4.01. The smallest absolute Gasteiger partial charge is 0.295 e. The lowest BCUT2D eigenvalue weighted by molar-refractivity contribution is 0.102. The molecule has 0 aliphatic rings. The van der Waals surface area contributed by atoms with Gasteiger partial charge >= 0.3 is 0 Å². The normalized spacial score (nSPS) is 11.2. The summed E-state index contributed by atoms with van der Waals surface area (Å²) in [7, 11) is 1.87. The molecule has 0 unspecified atom stereocenters. The minimum absolute atomic E-state index is 0.0288. The van der Waals surface area contributed by atoms with E-state index in [4.69, 9.17) is 0 Å². The minimum atomic E-state index is -0.132. The molecule has 8 nitrogen and oxygen atoms in total. The molecule has 5 aromatic rings. The number of ketones is 1. The van der Waals surface area contributed by atoms with Gasteiger partial charge in [-0.2, -0.15) is 0 Å². The number of aryl methyl sites for hydroxylation is 1. The second-order valence-corrected chi connectivity index (χ2v) is 9.50.